The van der Waals surface area contributed by atoms with E-state index in [4.69, 9.17) is 19.2 Å². The number of aliphatic hydroxyl groups excluding tert-OH is 1. The number of anilines is 1. The van der Waals surface area contributed by atoms with Crippen LogP contribution in [0.1, 0.15) is 18.4 Å². The van der Waals surface area contributed by atoms with Gasteiger partial charge < -0.3 is 29.5 Å². The zero-order valence-corrected chi connectivity index (χ0v) is 20.7. The topological polar surface area (TPSA) is 96.6 Å². The third-order valence-corrected chi connectivity index (χ3v) is 7.76. The average molecular weight is 495 g/mol. The van der Waals surface area contributed by atoms with E-state index < -0.39 is 6.41 Å². The first-order valence-corrected chi connectivity index (χ1v) is 12.8. The molecular formula is C26H34N6O4. The van der Waals surface area contributed by atoms with Crippen LogP contribution in [-0.4, -0.2) is 96.7 Å². The summed E-state index contributed by atoms with van der Waals surface area (Å²) >= 11 is 0. The Bertz CT molecular complexity index is 1170. The lowest BCUT2D eigenvalue weighted by Crippen LogP contribution is -2.53. The largest absolute Gasteiger partial charge is 0.376 e. The van der Waals surface area contributed by atoms with Crippen molar-refractivity contribution in [1.82, 2.24) is 24.8 Å². The highest BCUT2D eigenvalue weighted by molar-refractivity contribution is 5.79. The van der Waals surface area contributed by atoms with Gasteiger partial charge in [-0.25, -0.2) is 4.52 Å². The van der Waals surface area contributed by atoms with Crippen molar-refractivity contribution in [3.05, 3.63) is 48.4 Å². The molecule has 0 bridgehead atoms. The summed E-state index contributed by atoms with van der Waals surface area (Å²) in [5, 5.41) is 18.4. The SMILES string of the molecule is COC1(c2ccc(-c3cc4c(N5CCN(C(O)OC6COC6)CC5)ccnn4c3)nc2)CCNCC1. The van der Waals surface area contributed by atoms with Crippen LogP contribution in [0.4, 0.5) is 5.69 Å². The molecule has 0 saturated carbocycles. The predicted molar refractivity (Wildman–Crippen MR) is 135 cm³/mol. The summed E-state index contributed by atoms with van der Waals surface area (Å²) in [4.78, 5) is 9.12. The quantitative estimate of drug-likeness (QED) is 0.473. The minimum Gasteiger partial charge on any atom is -0.376 e. The van der Waals surface area contributed by atoms with Crippen LogP contribution in [0.15, 0.2) is 42.9 Å². The van der Waals surface area contributed by atoms with Crippen LogP contribution < -0.4 is 10.2 Å². The van der Waals surface area contributed by atoms with Crippen LogP contribution in [0.5, 0.6) is 0 Å². The van der Waals surface area contributed by atoms with Crippen molar-refractivity contribution in [2.45, 2.75) is 31.0 Å². The second-order valence-corrected chi connectivity index (χ2v) is 9.80. The Kier molecular flexibility index (Phi) is 6.63. The van der Waals surface area contributed by atoms with Crippen molar-refractivity contribution in [3.8, 4) is 11.3 Å². The fourth-order valence-corrected chi connectivity index (χ4v) is 5.42. The summed E-state index contributed by atoms with van der Waals surface area (Å²) in [7, 11) is 1.80. The smallest absolute Gasteiger partial charge is 0.216 e. The number of hydrogen-bond donors (Lipinski definition) is 2. The Morgan fingerprint density at radius 2 is 1.94 bits per heavy atom. The van der Waals surface area contributed by atoms with E-state index in [-0.39, 0.29) is 11.7 Å². The lowest BCUT2D eigenvalue weighted by Gasteiger charge is -2.39. The maximum Gasteiger partial charge on any atom is 0.216 e. The molecule has 10 nitrogen and oxygen atoms in total. The van der Waals surface area contributed by atoms with E-state index in [2.05, 4.69) is 39.6 Å². The number of hydrogen-bond acceptors (Lipinski definition) is 9. The number of piperidine rings is 1. The number of fused-ring (bicyclic) bond motifs is 1. The van der Waals surface area contributed by atoms with Gasteiger partial charge in [0.05, 0.1) is 35.7 Å². The van der Waals surface area contributed by atoms with Gasteiger partial charge >= 0.3 is 0 Å². The van der Waals surface area contributed by atoms with E-state index in [1.54, 1.807) is 7.11 Å². The molecule has 3 aliphatic heterocycles. The molecule has 0 aromatic carbocycles. The van der Waals surface area contributed by atoms with E-state index >= 15 is 0 Å². The van der Waals surface area contributed by atoms with Crippen LogP contribution in [0.3, 0.4) is 0 Å². The monoisotopic (exact) mass is 494 g/mol. The molecule has 36 heavy (non-hydrogen) atoms. The van der Waals surface area contributed by atoms with Crippen LogP contribution in [0, 0.1) is 0 Å². The minimum absolute atomic E-state index is 0.000580. The number of piperazine rings is 1. The van der Waals surface area contributed by atoms with Crippen LogP contribution in [0.25, 0.3) is 16.8 Å². The van der Waals surface area contributed by atoms with Crippen molar-refractivity contribution >= 4 is 11.2 Å². The molecule has 0 amide bonds. The fourth-order valence-electron chi connectivity index (χ4n) is 5.42. The molecule has 1 atom stereocenters. The molecule has 2 N–H and O–H groups in total. The van der Waals surface area contributed by atoms with Crippen molar-refractivity contribution < 1.29 is 19.3 Å². The lowest BCUT2D eigenvalue weighted by molar-refractivity contribution is -0.262. The molecule has 3 saturated heterocycles. The van der Waals surface area contributed by atoms with Gasteiger partial charge in [-0.15, -0.1) is 0 Å². The maximum atomic E-state index is 10.4. The number of methoxy groups -OCH3 is 1. The number of aliphatic hydroxyl groups is 1. The lowest BCUT2D eigenvalue weighted by atomic mass is 9.85. The number of rotatable bonds is 7. The van der Waals surface area contributed by atoms with Gasteiger partial charge in [-0.05, 0) is 44.1 Å². The van der Waals surface area contributed by atoms with Crippen molar-refractivity contribution in [3.63, 3.8) is 0 Å². The van der Waals surface area contributed by atoms with Gasteiger partial charge in [0.15, 0.2) is 0 Å². The molecule has 3 aromatic rings. The summed E-state index contributed by atoms with van der Waals surface area (Å²) in [5.41, 5.74) is 4.99. The van der Waals surface area contributed by atoms with Crippen molar-refractivity contribution in [1.29, 1.82) is 0 Å². The molecule has 6 heterocycles. The van der Waals surface area contributed by atoms with Crippen LogP contribution in [0.2, 0.25) is 0 Å². The van der Waals surface area contributed by atoms with Crippen LogP contribution in [-0.2, 0) is 19.8 Å². The summed E-state index contributed by atoms with van der Waals surface area (Å²) in [5.74, 6) is 0. The third kappa shape index (κ3) is 4.49. The first-order valence-electron chi connectivity index (χ1n) is 12.8. The van der Waals surface area contributed by atoms with Gasteiger partial charge in [0.1, 0.15) is 6.10 Å². The third-order valence-electron chi connectivity index (χ3n) is 7.76. The minimum atomic E-state index is -0.880. The second kappa shape index (κ2) is 10.0. The Labute approximate surface area is 210 Å². The molecular weight excluding hydrogens is 460 g/mol. The fraction of sp³-hybridized carbons (Fsp3) is 0.538. The Hall–Kier alpha value is -2.60. The van der Waals surface area contributed by atoms with Gasteiger partial charge in [0, 0.05) is 63.0 Å². The first kappa shape index (κ1) is 23.8. The first-order chi connectivity index (χ1) is 17.6. The zero-order chi connectivity index (χ0) is 24.5. The van der Waals surface area contributed by atoms with E-state index in [1.165, 1.54) is 0 Å². The van der Waals surface area contributed by atoms with E-state index in [9.17, 15) is 5.11 Å². The standard InChI is InChI=1S/C26H34N6O4/c1-34-26(5-8-27-9-6-26)20-2-3-22(28-15-20)19-14-24-23(4-7-29-32(24)16-19)30-10-12-31(13-11-30)25(33)36-21-17-35-18-21/h2-4,7,14-16,21,25,27,33H,5-6,8-13,17-18H2,1H3. The number of aromatic nitrogens is 3. The number of nitrogens with zero attached hydrogens (tertiary/aromatic N) is 5. The van der Waals surface area contributed by atoms with Gasteiger partial charge in [0.25, 0.3) is 0 Å². The van der Waals surface area contributed by atoms with Gasteiger partial charge in [-0.3, -0.25) is 9.88 Å². The molecule has 3 aromatic heterocycles. The molecule has 10 heteroatoms. The molecule has 0 aliphatic carbocycles. The van der Waals surface area contributed by atoms with E-state index in [0.29, 0.717) is 13.2 Å². The normalized spacial score (nSPS) is 22.0. The molecule has 3 fully saturated rings. The molecule has 192 valence electrons. The highest BCUT2D eigenvalue weighted by Crippen LogP contribution is 2.35. The number of nitrogens with one attached hydrogen (secondary N) is 1. The molecule has 1 unspecified atom stereocenters. The summed E-state index contributed by atoms with van der Waals surface area (Å²) in [6, 6.07) is 8.45. The Balaban J connectivity index is 1.18. The van der Waals surface area contributed by atoms with E-state index in [1.807, 2.05) is 28.0 Å². The highest BCUT2D eigenvalue weighted by atomic mass is 16.7. The van der Waals surface area contributed by atoms with Gasteiger partial charge in [-0.2, -0.15) is 5.10 Å². The summed E-state index contributed by atoms with van der Waals surface area (Å²) < 4.78 is 18.7. The maximum absolute atomic E-state index is 10.4. The van der Waals surface area contributed by atoms with Crippen LogP contribution >= 0.6 is 0 Å². The predicted octanol–water partition coefficient (Wildman–Crippen LogP) is 1.43. The molecule has 3 aliphatic rings. The van der Waals surface area contributed by atoms with Crippen molar-refractivity contribution in [2.24, 2.45) is 0 Å². The summed E-state index contributed by atoms with van der Waals surface area (Å²) in [6.45, 7) is 6.05. The molecule has 0 spiro atoms. The van der Waals surface area contributed by atoms with Crippen molar-refractivity contribution in [2.75, 3.05) is 64.5 Å². The van der Waals surface area contributed by atoms with Gasteiger partial charge in [-0.1, -0.05) is 6.07 Å². The zero-order valence-electron chi connectivity index (χ0n) is 20.7. The van der Waals surface area contributed by atoms with E-state index in [0.717, 1.165) is 80.1 Å². The number of ether oxygens (including phenoxy) is 3. The summed E-state index contributed by atoms with van der Waals surface area (Å²) in [6.07, 6.45) is 6.84. The second-order valence-electron chi connectivity index (χ2n) is 9.80. The molecule has 6 rings (SSSR count). The Morgan fingerprint density at radius 1 is 1.14 bits per heavy atom. The highest BCUT2D eigenvalue weighted by Gasteiger charge is 2.34. The average Bonchev–Trinajstić information content (AvgIpc) is 3.36. The number of pyridine rings is 1. The molecule has 0 radical (unpaired) electrons. The van der Waals surface area contributed by atoms with Gasteiger partial charge in [0.2, 0.25) is 6.41 Å². The Morgan fingerprint density at radius 3 is 2.61 bits per heavy atom.